The molecule has 1 fully saturated rings. The van der Waals surface area contributed by atoms with Crippen molar-refractivity contribution in [3.8, 4) is 0 Å². The van der Waals surface area contributed by atoms with Crippen LogP contribution in [0.4, 0.5) is 13.2 Å². The lowest BCUT2D eigenvalue weighted by Gasteiger charge is -2.12. The fraction of sp³-hybridized carbons (Fsp3) is 1.00. The van der Waals surface area contributed by atoms with E-state index in [0.29, 0.717) is 0 Å². The molecule has 1 aliphatic heterocycles. The summed E-state index contributed by atoms with van der Waals surface area (Å²) in [5.41, 5.74) is 0. The van der Waals surface area contributed by atoms with Gasteiger partial charge in [0.1, 0.15) is 5.25 Å². The fourth-order valence-electron chi connectivity index (χ4n) is 1.06. The van der Waals surface area contributed by atoms with E-state index in [9.17, 15) is 21.6 Å². The Hall–Kier alpha value is -0.340. The number of hydrogen-bond acceptors (Lipinski definition) is 3. The number of primary sulfonamides is 1. The Labute approximate surface area is 72.9 Å². The van der Waals surface area contributed by atoms with Gasteiger partial charge >= 0.3 is 6.18 Å². The maximum Gasteiger partial charge on any atom is 0.414 e. The molecule has 0 radical (unpaired) electrons. The van der Waals surface area contributed by atoms with Crippen molar-refractivity contribution in [3.63, 3.8) is 0 Å². The van der Waals surface area contributed by atoms with Crippen LogP contribution in [0.15, 0.2) is 0 Å². The van der Waals surface area contributed by atoms with Gasteiger partial charge in [-0.15, -0.1) is 0 Å². The van der Waals surface area contributed by atoms with Crippen molar-refractivity contribution in [2.45, 2.75) is 24.0 Å². The van der Waals surface area contributed by atoms with Crippen molar-refractivity contribution in [1.29, 1.82) is 0 Å². The zero-order valence-corrected chi connectivity index (χ0v) is 7.23. The number of halogens is 3. The van der Waals surface area contributed by atoms with Crippen LogP contribution >= 0.6 is 0 Å². The van der Waals surface area contributed by atoms with Crippen LogP contribution in [0.25, 0.3) is 0 Å². The minimum Gasteiger partial charge on any atom is -0.367 e. The largest absolute Gasteiger partial charge is 0.414 e. The summed E-state index contributed by atoms with van der Waals surface area (Å²) in [6, 6.07) is 0. The van der Waals surface area contributed by atoms with Crippen molar-refractivity contribution in [2.75, 3.05) is 6.61 Å². The van der Waals surface area contributed by atoms with E-state index in [4.69, 9.17) is 0 Å². The highest BCUT2D eigenvalue weighted by Gasteiger charge is 2.48. The number of ether oxygens (including phenoxy) is 1. The summed E-state index contributed by atoms with van der Waals surface area (Å²) in [7, 11) is -3.92. The first-order valence-electron chi connectivity index (χ1n) is 3.41. The first-order valence-corrected chi connectivity index (χ1v) is 5.02. The number of sulfonamides is 1. The molecule has 1 aliphatic rings. The van der Waals surface area contributed by atoms with Crippen LogP contribution in [-0.2, 0) is 14.8 Å². The van der Waals surface area contributed by atoms with Gasteiger partial charge in [-0.3, -0.25) is 0 Å². The molecular weight excluding hydrogens is 211 g/mol. The Bertz CT molecular complexity index is 286. The van der Waals surface area contributed by atoms with Crippen molar-refractivity contribution in [2.24, 2.45) is 5.14 Å². The predicted molar refractivity (Wildman–Crippen MR) is 37.3 cm³/mol. The topological polar surface area (TPSA) is 69.4 Å². The summed E-state index contributed by atoms with van der Waals surface area (Å²) in [5.74, 6) is 0. The summed E-state index contributed by atoms with van der Waals surface area (Å²) in [4.78, 5) is 0. The number of nitrogens with two attached hydrogens (primary N) is 1. The lowest BCUT2D eigenvalue weighted by Crippen LogP contribution is -2.31. The van der Waals surface area contributed by atoms with E-state index >= 15 is 0 Å². The molecule has 0 amide bonds. The maximum atomic E-state index is 12.0. The van der Waals surface area contributed by atoms with Gasteiger partial charge in [0.05, 0.1) is 6.61 Å². The summed E-state index contributed by atoms with van der Waals surface area (Å²) >= 11 is 0. The molecule has 78 valence electrons. The van der Waals surface area contributed by atoms with Crippen LogP contribution in [0.2, 0.25) is 0 Å². The summed E-state index contributed by atoms with van der Waals surface area (Å²) in [6.45, 7) is -0.483. The molecule has 0 aromatic carbocycles. The van der Waals surface area contributed by atoms with Gasteiger partial charge in [-0.2, -0.15) is 13.2 Å². The quantitative estimate of drug-likeness (QED) is 0.674. The molecule has 8 heteroatoms. The normalized spacial score (nSPS) is 30.8. The van der Waals surface area contributed by atoms with Gasteiger partial charge in [-0.05, 0) is 0 Å². The molecule has 0 saturated carbocycles. The van der Waals surface area contributed by atoms with Crippen molar-refractivity contribution in [3.05, 3.63) is 0 Å². The Balaban J connectivity index is 2.66. The third-order valence-corrected chi connectivity index (χ3v) is 3.05. The molecule has 0 spiro atoms. The average molecular weight is 219 g/mol. The van der Waals surface area contributed by atoms with E-state index in [-0.39, 0.29) is 0 Å². The Morgan fingerprint density at radius 2 is 1.92 bits per heavy atom. The van der Waals surface area contributed by atoms with Crippen molar-refractivity contribution < 1.29 is 26.3 Å². The predicted octanol–water partition coefficient (Wildman–Crippen LogP) is -0.00530. The van der Waals surface area contributed by atoms with Gasteiger partial charge in [-0.25, -0.2) is 13.6 Å². The Morgan fingerprint density at radius 3 is 2.15 bits per heavy atom. The molecule has 0 unspecified atom stereocenters. The highest BCUT2D eigenvalue weighted by Crippen LogP contribution is 2.31. The number of hydrogen-bond donors (Lipinski definition) is 1. The van der Waals surface area contributed by atoms with Gasteiger partial charge in [-0.1, -0.05) is 0 Å². The molecule has 2 N–H and O–H groups in total. The van der Waals surface area contributed by atoms with Crippen molar-refractivity contribution in [1.82, 2.24) is 0 Å². The molecule has 1 heterocycles. The Morgan fingerprint density at radius 1 is 1.38 bits per heavy atom. The fourth-order valence-corrected chi connectivity index (χ4v) is 1.77. The Kier molecular flexibility index (Phi) is 2.56. The number of alkyl halides is 3. The standard InChI is InChI=1S/C5H8F3NO3S/c6-5(7,8)4-1-3(2-12-4)13(9,10)11/h3-4H,1-2H2,(H2,9,10,11)/t3-,4+/m0/s1. The van der Waals surface area contributed by atoms with Crippen LogP contribution in [0.5, 0.6) is 0 Å². The molecule has 0 aliphatic carbocycles. The third-order valence-electron chi connectivity index (χ3n) is 1.79. The van der Waals surface area contributed by atoms with Crippen LogP contribution in [0, 0.1) is 0 Å². The highest BCUT2D eigenvalue weighted by molar-refractivity contribution is 7.89. The SMILES string of the molecule is NS(=O)(=O)[C@@H]1CO[C@@H](C(F)(F)F)C1. The van der Waals surface area contributed by atoms with Crippen LogP contribution < -0.4 is 5.14 Å². The smallest absolute Gasteiger partial charge is 0.367 e. The lowest BCUT2D eigenvalue weighted by atomic mass is 10.2. The van der Waals surface area contributed by atoms with Crippen LogP contribution in [-0.4, -0.2) is 32.6 Å². The van der Waals surface area contributed by atoms with Gasteiger partial charge < -0.3 is 4.74 Å². The molecule has 0 aromatic heterocycles. The summed E-state index contributed by atoms with van der Waals surface area (Å²) in [5, 5.41) is 3.43. The molecule has 0 bridgehead atoms. The highest BCUT2D eigenvalue weighted by atomic mass is 32.2. The zero-order valence-electron chi connectivity index (χ0n) is 6.41. The van der Waals surface area contributed by atoms with Gasteiger partial charge in [0.2, 0.25) is 10.0 Å². The minimum absolute atomic E-state index is 0.483. The van der Waals surface area contributed by atoms with E-state index in [1.54, 1.807) is 0 Å². The second kappa shape index (κ2) is 3.10. The molecule has 0 aromatic rings. The van der Waals surface area contributed by atoms with Crippen molar-refractivity contribution >= 4 is 10.0 Å². The van der Waals surface area contributed by atoms with E-state index < -0.39 is 40.6 Å². The monoisotopic (exact) mass is 219 g/mol. The average Bonchev–Trinajstić information content (AvgIpc) is 2.28. The number of rotatable bonds is 1. The summed E-state index contributed by atoms with van der Waals surface area (Å²) in [6.07, 6.45) is -7.13. The van der Waals surface area contributed by atoms with Crippen LogP contribution in [0.1, 0.15) is 6.42 Å². The second-order valence-corrected chi connectivity index (χ2v) is 4.66. The molecule has 1 rings (SSSR count). The second-order valence-electron chi connectivity index (χ2n) is 2.81. The molecule has 2 atom stereocenters. The first-order chi connectivity index (χ1) is 5.71. The molecule has 13 heavy (non-hydrogen) atoms. The molecular formula is C5H8F3NO3S. The van der Waals surface area contributed by atoms with E-state index in [2.05, 4.69) is 9.88 Å². The lowest BCUT2D eigenvalue weighted by molar-refractivity contribution is -0.206. The third kappa shape index (κ3) is 2.55. The van der Waals surface area contributed by atoms with E-state index in [1.807, 2.05) is 0 Å². The van der Waals surface area contributed by atoms with Gasteiger partial charge in [0.15, 0.2) is 6.10 Å². The summed E-state index contributed by atoms with van der Waals surface area (Å²) < 4.78 is 61.4. The maximum absolute atomic E-state index is 12.0. The van der Waals surface area contributed by atoms with Gasteiger partial charge in [0, 0.05) is 6.42 Å². The van der Waals surface area contributed by atoms with E-state index in [0.717, 1.165) is 0 Å². The minimum atomic E-state index is -4.51. The molecule has 4 nitrogen and oxygen atoms in total. The molecule has 1 saturated heterocycles. The zero-order chi connectivity index (χ0) is 10.3. The van der Waals surface area contributed by atoms with Crippen LogP contribution in [0.3, 0.4) is 0 Å². The first kappa shape index (κ1) is 10.7. The van der Waals surface area contributed by atoms with Gasteiger partial charge in [0.25, 0.3) is 0 Å². The van der Waals surface area contributed by atoms with E-state index in [1.165, 1.54) is 0 Å².